The Labute approximate surface area is 125 Å². The Morgan fingerprint density at radius 2 is 2.14 bits per heavy atom. The summed E-state index contributed by atoms with van der Waals surface area (Å²) in [6.07, 6.45) is 2.95. The molecular weight excluding hydrogens is 314 g/mol. The third kappa shape index (κ3) is 2.67. The zero-order chi connectivity index (χ0) is 15.0. The lowest BCUT2D eigenvalue weighted by molar-refractivity contribution is 0.601. The molecule has 0 aliphatic carbocycles. The summed E-state index contributed by atoms with van der Waals surface area (Å²) in [6.45, 7) is 1.70. The van der Waals surface area contributed by atoms with Crippen LogP contribution in [0.3, 0.4) is 0 Å². The van der Waals surface area contributed by atoms with E-state index in [4.69, 9.17) is 11.6 Å². The van der Waals surface area contributed by atoms with Crippen LogP contribution in [0.15, 0.2) is 35.5 Å². The molecule has 3 rings (SSSR count). The lowest BCUT2D eigenvalue weighted by Crippen LogP contribution is -2.15. The van der Waals surface area contributed by atoms with Crippen molar-refractivity contribution in [1.82, 2.24) is 19.9 Å². The molecule has 0 atom stereocenters. The molecule has 0 saturated heterocycles. The van der Waals surface area contributed by atoms with Crippen molar-refractivity contribution in [1.29, 1.82) is 0 Å². The summed E-state index contributed by atoms with van der Waals surface area (Å²) in [5, 5.41) is 0.657. The van der Waals surface area contributed by atoms with E-state index in [0.717, 1.165) is 0 Å². The van der Waals surface area contributed by atoms with Gasteiger partial charge < -0.3 is 4.98 Å². The molecule has 2 N–H and O–H groups in total. The zero-order valence-corrected chi connectivity index (χ0v) is 12.4. The summed E-state index contributed by atoms with van der Waals surface area (Å²) in [6, 6.07) is 4.86. The van der Waals surface area contributed by atoms with E-state index in [1.54, 1.807) is 25.3 Å². The van der Waals surface area contributed by atoms with Crippen LogP contribution in [0.2, 0.25) is 5.15 Å². The second-order valence-electron chi connectivity index (χ2n) is 4.31. The summed E-state index contributed by atoms with van der Waals surface area (Å²) in [5.74, 6) is -0.0711. The van der Waals surface area contributed by atoms with Crippen LogP contribution in [-0.2, 0) is 10.0 Å². The van der Waals surface area contributed by atoms with Crippen molar-refractivity contribution < 1.29 is 8.42 Å². The predicted octanol–water partition coefficient (Wildman–Crippen LogP) is 2.12. The number of rotatable bonds is 3. The molecule has 21 heavy (non-hydrogen) atoms. The third-order valence-corrected chi connectivity index (χ3v) is 4.31. The summed E-state index contributed by atoms with van der Waals surface area (Å²) >= 11 is 5.80. The van der Waals surface area contributed by atoms with Gasteiger partial charge in [-0.05, 0) is 25.1 Å². The number of pyridine rings is 1. The van der Waals surface area contributed by atoms with E-state index in [2.05, 4.69) is 24.7 Å². The standard InChI is InChI=1S/C12H10ClN5O2S/c1-7-5-10(13)17-12(16-7)18-21(19,20)9-6-15-11-8(9)3-2-4-14-11/h2-6H,1H3,(H,14,15)(H,16,17,18). The summed E-state index contributed by atoms with van der Waals surface area (Å²) in [7, 11) is -3.84. The molecule has 0 saturated carbocycles. The Morgan fingerprint density at radius 1 is 1.33 bits per heavy atom. The minimum atomic E-state index is -3.84. The molecular formula is C12H10ClN5O2S. The number of sulfonamides is 1. The molecule has 0 bridgehead atoms. The SMILES string of the molecule is Cc1cc(Cl)nc(NS(=O)(=O)c2c[nH]c3ncccc23)n1. The van der Waals surface area contributed by atoms with E-state index in [1.807, 2.05) is 0 Å². The number of hydrogen-bond acceptors (Lipinski definition) is 5. The number of anilines is 1. The fraction of sp³-hybridized carbons (Fsp3) is 0.0833. The summed E-state index contributed by atoms with van der Waals surface area (Å²) in [4.78, 5) is 14.8. The average molecular weight is 324 g/mol. The van der Waals surface area contributed by atoms with E-state index in [1.165, 1.54) is 12.3 Å². The van der Waals surface area contributed by atoms with Crippen molar-refractivity contribution in [3.63, 3.8) is 0 Å². The van der Waals surface area contributed by atoms with Gasteiger partial charge in [0.15, 0.2) is 0 Å². The van der Waals surface area contributed by atoms with Crippen molar-refractivity contribution >= 4 is 38.6 Å². The Kier molecular flexibility index (Phi) is 3.26. The number of nitrogens with one attached hydrogen (secondary N) is 2. The van der Waals surface area contributed by atoms with E-state index in [9.17, 15) is 8.42 Å². The number of hydrogen-bond donors (Lipinski definition) is 2. The Bertz CT molecular complexity index is 902. The predicted molar refractivity (Wildman–Crippen MR) is 78.7 cm³/mol. The fourth-order valence-corrected chi connectivity index (χ4v) is 3.25. The van der Waals surface area contributed by atoms with Gasteiger partial charge in [0.2, 0.25) is 5.95 Å². The lowest BCUT2D eigenvalue weighted by atomic mass is 10.3. The first-order valence-corrected chi connectivity index (χ1v) is 7.78. The van der Waals surface area contributed by atoms with E-state index in [-0.39, 0.29) is 16.0 Å². The molecule has 108 valence electrons. The topological polar surface area (TPSA) is 101 Å². The third-order valence-electron chi connectivity index (χ3n) is 2.75. The minimum Gasteiger partial charge on any atom is -0.345 e. The maximum absolute atomic E-state index is 12.4. The molecule has 0 unspecified atom stereocenters. The van der Waals surface area contributed by atoms with Gasteiger partial charge in [-0.3, -0.25) is 0 Å². The minimum absolute atomic E-state index is 0.0711. The monoisotopic (exact) mass is 323 g/mol. The molecule has 0 radical (unpaired) electrons. The van der Waals surface area contributed by atoms with Gasteiger partial charge in [-0.25, -0.2) is 28.1 Å². The van der Waals surface area contributed by atoms with Crippen LogP contribution in [0.4, 0.5) is 5.95 Å². The first kappa shape index (κ1) is 13.8. The average Bonchev–Trinajstić information content (AvgIpc) is 2.81. The van der Waals surface area contributed by atoms with E-state index < -0.39 is 10.0 Å². The highest BCUT2D eigenvalue weighted by Gasteiger charge is 2.20. The molecule has 0 spiro atoms. The molecule has 0 aliphatic rings. The quantitative estimate of drug-likeness (QED) is 0.719. The number of aromatic amines is 1. The Hall–Kier alpha value is -2.19. The van der Waals surface area contributed by atoms with Crippen LogP contribution in [0.1, 0.15) is 5.69 Å². The number of aromatic nitrogens is 4. The van der Waals surface area contributed by atoms with Crippen molar-refractivity contribution in [3.05, 3.63) is 41.4 Å². The molecule has 3 aromatic rings. The second kappa shape index (κ2) is 4.97. The maximum Gasteiger partial charge on any atom is 0.266 e. The number of fused-ring (bicyclic) bond motifs is 1. The van der Waals surface area contributed by atoms with Gasteiger partial charge >= 0.3 is 0 Å². The van der Waals surface area contributed by atoms with Gasteiger partial charge in [-0.1, -0.05) is 11.6 Å². The van der Waals surface area contributed by atoms with Gasteiger partial charge in [0.05, 0.1) is 0 Å². The van der Waals surface area contributed by atoms with Crippen molar-refractivity contribution in [3.8, 4) is 0 Å². The molecule has 9 heteroatoms. The molecule has 7 nitrogen and oxygen atoms in total. The van der Waals surface area contributed by atoms with Gasteiger partial charge in [-0.2, -0.15) is 0 Å². The highest BCUT2D eigenvalue weighted by atomic mass is 35.5. The van der Waals surface area contributed by atoms with Gasteiger partial charge in [0.1, 0.15) is 15.7 Å². The molecule has 0 aliphatic heterocycles. The molecule has 0 fully saturated rings. The Morgan fingerprint density at radius 3 is 2.90 bits per heavy atom. The number of aryl methyl sites for hydroxylation is 1. The largest absolute Gasteiger partial charge is 0.345 e. The van der Waals surface area contributed by atoms with Crippen LogP contribution in [0.25, 0.3) is 11.0 Å². The second-order valence-corrected chi connectivity index (χ2v) is 6.35. The van der Waals surface area contributed by atoms with E-state index in [0.29, 0.717) is 16.7 Å². The van der Waals surface area contributed by atoms with Crippen LogP contribution in [0.5, 0.6) is 0 Å². The van der Waals surface area contributed by atoms with Crippen LogP contribution >= 0.6 is 11.6 Å². The van der Waals surface area contributed by atoms with Gasteiger partial charge in [-0.15, -0.1) is 0 Å². The molecule has 0 aromatic carbocycles. The van der Waals surface area contributed by atoms with Crippen molar-refractivity contribution in [2.45, 2.75) is 11.8 Å². The molecule has 0 amide bonds. The lowest BCUT2D eigenvalue weighted by Gasteiger charge is -2.06. The van der Waals surface area contributed by atoms with E-state index >= 15 is 0 Å². The fourth-order valence-electron chi connectivity index (χ4n) is 1.90. The normalized spacial score (nSPS) is 11.7. The first-order valence-electron chi connectivity index (χ1n) is 5.92. The van der Waals surface area contributed by atoms with Crippen LogP contribution < -0.4 is 4.72 Å². The van der Waals surface area contributed by atoms with Crippen molar-refractivity contribution in [2.24, 2.45) is 0 Å². The summed E-state index contributed by atoms with van der Waals surface area (Å²) < 4.78 is 27.1. The maximum atomic E-state index is 12.4. The number of H-pyrrole nitrogens is 1. The summed E-state index contributed by atoms with van der Waals surface area (Å²) in [5.41, 5.74) is 1.05. The van der Waals surface area contributed by atoms with Gasteiger partial charge in [0.25, 0.3) is 10.0 Å². The Balaban J connectivity index is 2.04. The zero-order valence-electron chi connectivity index (χ0n) is 10.8. The number of halogens is 1. The smallest absolute Gasteiger partial charge is 0.266 e. The number of nitrogens with zero attached hydrogens (tertiary/aromatic N) is 3. The molecule has 3 heterocycles. The highest BCUT2D eigenvalue weighted by molar-refractivity contribution is 7.93. The highest BCUT2D eigenvalue weighted by Crippen LogP contribution is 2.22. The molecule has 3 aromatic heterocycles. The van der Waals surface area contributed by atoms with Gasteiger partial charge in [0, 0.05) is 23.5 Å². The van der Waals surface area contributed by atoms with Crippen molar-refractivity contribution in [2.75, 3.05) is 4.72 Å². The van der Waals surface area contributed by atoms with Crippen LogP contribution in [-0.4, -0.2) is 28.4 Å². The first-order chi connectivity index (χ1) is 9.95. The van der Waals surface area contributed by atoms with Crippen LogP contribution in [0, 0.1) is 6.92 Å².